The van der Waals surface area contributed by atoms with Crippen molar-refractivity contribution in [2.75, 3.05) is 20.1 Å². The van der Waals surface area contributed by atoms with Crippen molar-refractivity contribution in [3.05, 3.63) is 35.9 Å². The fourth-order valence-corrected chi connectivity index (χ4v) is 3.18. The second kappa shape index (κ2) is 9.77. The molecule has 5 heteroatoms. The molecule has 1 aromatic carbocycles. The van der Waals surface area contributed by atoms with Gasteiger partial charge in [-0.3, -0.25) is 4.79 Å². The van der Waals surface area contributed by atoms with Crippen molar-refractivity contribution < 1.29 is 14.6 Å². The van der Waals surface area contributed by atoms with E-state index < -0.39 is 6.29 Å². The molecule has 0 radical (unpaired) electrons. The average molecular weight is 334 g/mol. The maximum atomic E-state index is 11.9. The van der Waals surface area contributed by atoms with Gasteiger partial charge in [0.05, 0.1) is 6.10 Å². The molecule has 0 saturated carbocycles. The minimum Gasteiger partial charge on any atom is -0.368 e. The predicted octanol–water partition coefficient (Wildman–Crippen LogP) is 1.94. The van der Waals surface area contributed by atoms with E-state index in [1.165, 1.54) is 5.56 Å². The molecule has 1 heterocycles. The Balaban J connectivity index is 1.57. The van der Waals surface area contributed by atoms with E-state index in [1.807, 2.05) is 37.3 Å². The number of rotatable bonds is 8. The maximum Gasteiger partial charge on any atom is 0.220 e. The highest BCUT2D eigenvalue weighted by Gasteiger charge is 2.27. The largest absolute Gasteiger partial charge is 0.368 e. The number of carbonyl (C=O) groups excluding carboxylic acids is 1. The number of aryl methyl sites for hydroxylation is 1. The van der Waals surface area contributed by atoms with Crippen LogP contribution in [0.4, 0.5) is 0 Å². The van der Waals surface area contributed by atoms with Gasteiger partial charge < -0.3 is 20.1 Å². The summed E-state index contributed by atoms with van der Waals surface area (Å²) in [4.78, 5) is 14.1. The third-order valence-electron chi connectivity index (χ3n) is 4.58. The van der Waals surface area contributed by atoms with E-state index in [1.54, 1.807) is 0 Å². The van der Waals surface area contributed by atoms with Crippen LogP contribution in [-0.2, 0) is 16.0 Å². The molecule has 0 aromatic heterocycles. The first kappa shape index (κ1) is 18.9. The van der Waals surface area contributed by atoms with Crippen LogP contribution in [0, 0.1) is 0 Å². The van der Waals surface area contributed by atoms with Gasteiger partial charge in [0.1, 0.15) is 0 Å². The van der Waals surface area contributed by atoms with Crippen LogP contribution in [0.25, 0.3) is 0 Å². The molecule has 1 saturated heterocycles. The summed E-state index contributed by atoms with van der Waals surface area (Å²) >= 11 is 0. The van der Waals surface area contributed by atoms with E-state index in [0.717, 1.165) is 25.8 Å². The maximum absolute atomic E-state index is 11.9. The molecule has 1 amide bonds. The standard InChI is InChI=1S/C19H30N2O3/c1-15-13-17(14-19(23)24-15)21(2)12-6-11-20-18(22)10-9-16-7-4-3-5-8-16/h3-5,7-8,15,17,19,23H,6,9-14H2,1-2H3,(H,20,22)/t15?,17-,19+/m0/s1. The predicted molar refractivity (Wildman–Crippen MR) is 94.6 cm³/mol. The smallest absolute Gasteiger partial charge is 0.220 e. The normalized spacial score (nSPS) is 24.1. The molecule has 3 atom stereocenters. The van der Waals surface area contributed by atoms with Crippen molar-refractivity contribution >= 4 is 5.91 Å². The van der Waals surface area contributed by atoms with Crippen LogP contribution in [0.2, 0.25) is 0 Å². The highest BCUT2D eigenvalue weighted by Crippen LogP contribution is 2.21. The van der Waals surface area contributed by atoms with Gasteiger partial charge in [-0.1, -0.05) is 30.3 Å². The third kappa shape index (κ3) is 6.59. The number of nitrogens with zero attached hydrogens (tertiary/aromatic N) is 1. The molecule has 24 heavy (non-hydrogen) atoms. The van der Waals surface area contributed by atoms with E-state index in [0.29, 0.717) is 25.4 Å². The zero-order valence-electron chi connectivity index (χ0n) is 14.8. The second-order valence-electron chi connectivity index (χ2n) is 6.70. The first-order chi connectivity index (χ1) is 11.5. The summed E-state index contributed by atoms with van der Waals surface area (Å²) in [5.74, 6) is 0.108. The molecular formula is C19H30N2O3. The van der Waals surface area contributed by atoms with Crippen molar-refractivity contribution in [3.8, 4) is 0 Å². The number of aliphatic hydroxyl groups is 1. The van der Waals surface area contributed by atoms with Gasteiger partial charge in [0.15, 0.2) is 6.29 Å². The summed E-state index contributed by atoms with van der Waals surface area (Å²) in [7, 11) is 2.08. The van der Waals surface area contributed by atoms with Crippen LogP contribution >= 0.6 is 0 Å². The Morgan fingerprint density at radius 2 is 2.08 bits per heavy atom. The molecule has 2 N–H and O–H groups in total. The van der Waals surface area contributed by atoms with Gasteiger partial charge in [0.2, 0.25) is 5.91 Å². The molecule has 1 unspecified atom stereocenters. The third-order valence-corrected chi connectivity index (χ3v) is 4.58. The van der Waals surface area contributed by atoms with E-state index in [9.17, 15) is 9.90 Å². The Hall–Kier alpha value is -1.43. The average Bonchev–Trinajstić information content (AvgIpc) is 2.56. The van der Waals surface area contributed by atoms with E-state index in [4.69, 9.17) is 4.74 Å². The zero-order chi connectivity index (χ0) is 17.4. The Kier molecular flexibility index (Phi) is 7.69. The lowest BCUT2D eigenvalue weighted by atomic mass is 10.0. The number of amides is 1. The highest BCUT2D eigenvalue weighted by atomic mass is 16.6. The molecule has 0 aliphatic carbocycles. The van der Waals surface area contributed by atoms with Gasteiger partial charge in [-0.15, -0.1) is 0 Å². The lowest BCUT2D eigenvalue weighted by Crippen LogP contribution is -2.44. The van der Waals surface area contributed by atoms with Crippen molar-refractivity contribution in [3.63, 3.8) is 0 Å². The summed E-state index contributed by atoms with van der Waals surface area (Å²) in [6.45, 7) is 3.60. The van der Waals surface area contributed by atoms with Crippen molar-refractivity contribution in [1.82, 2.24) is 10.2 Å². The quantitative estimate of drug-likeness (QED) is 0.713. The Labute approximate surface area is 145 Å². The first-order valence-corrected chi connectivity index (χ1v) is 8.89. The fourth-order valence-electron chi connectivity index (χ4n) is 3.18. The molecule has 1 aliphatic rings. The van der Waals surface area contributed by atoms with Crippen LogP contribution in [0.3, 0.4) is 0 Å². The number of hydrogen-bond acceptors (Lipinski definition) is 4. The van der Waals surface area contributed by atoms with Gasteiger partial charge in [0.25, 0.3) is 0 Å². The first-order valence-electron chi connectivity index (χ1n) is 8.89. The summed E-state index contributed by atoms with van der Waals surface area (Å²) in [5.41, 5.74) is 1.19. The lowest BCUT2D eigenvalue weighted by molar-refractivity contribution is -0.173. The van der Waals surface area contributed by atoms with Crippen LogP contribution < -0.4 is 5.32 Å². The van der Waals surface area contributed by atoms with E-state index in [-0.39, 0.29) is 12.0 Å². The molecular weight excluding hydrogens is 304 g/mol. The van der Waals surface area contributed by atoms with Gasteiger partial charge in [0, 0.05) is 25.4 Å². The monoisotopic (exact) mass is 334 g/mol. The number of benzene rings is 1. The van der Waals surface area contributed by atoms with Crippen molar-refractivity contribution in [2.24, 2.45) is 0 Å². The summed E-state index contributed by atoms with van der Waals surface area (Å²) in [6.07, 6.45) is 3.27. The molecule has 1 aliphatic heterocycles. The van der Waals surface area contributed by atoms with Crippen LogP contribution in [0.1, 0.15) is 38.2 Å². The molecule has 0 spiro atoms. The number of hydrogen-bond donors (Lipinski definition) is 2. The van der Waals surface area contributed by atoms with E-state index >= 15 is 0 Å². The Morgan fingerprint density at radius 1 is 1.33 bits per heavy atom. The zero-order valence-corrected chi connectivity index (χ0v) is 14.8. The lowest BCUT2D eigenvalue weighted by Gasteiger charge is -2.36. The highest BCUT2D eigenvalue weighted by molar-refractivity contribution is 5.76. The number of aliphatic hydroxyl groups excluding tert-OH is 1. The minimum absolute atomic E-state index is 0.0962. The second-order valence-corrected chi connectivity index (χ2v) is 6.70. The number of ether oxygens (including phenoxy) is 1. The van der Waals surface area contributed by atoms with Crippen LogP contribution in [-0.4, -0.2) is 54.5 Å². The van der Waals surface area contributed by atoms with Gasteiger partial charge >= 0.3 is 0 Å². The molecule has 2 rings (SSSR count). The molecule has 1 fully saturated rings. The number of nitrogens with one attached hydrogen (secondary N) is 1. The molecule has 0 bridgehead atoms. The van der Waals surface area contributed by atoms with Crippen molar-refractivity contribution in [1.29, 1.82) is 0 Å². The van der Waals surface area contributed by atoms with E-state index in [2.05, 4.69) is 17.3 Å². The molecule has 5 nitrogen and oxygen atoms in total. The summed E-state index contributed by atoms with van der Waals surface area (Å²) in [6, 6.07) is 10.4. The number of carbonyl (C=O) groups is 1. The minimum atomic E-state index is -0.654. The Morgan fingerprint density at radius 3 is 2.79 bits per heavy atom. The summed E-state index contributed by atoms with van der Waals surface area (Å²) in [5, 5.41) is 12.7. The summed E-state index contributed by atoms with van der Waals surface area (Å²) < 4.78 is 5.36. The Bertz CT molecular complexity index is 485. The van der Waals surface area contributed by atoms with Crippen LogP contribution in [0.15, 0.2) is 30.3 Å². The SMILES string of the molecule is CC1C[C@H](N(C)CCCNC(=O)CCc2ccccc2)C[C@H](O)O1. The topological polar surface area (TPSA) is 61.8 Å². The van der Waals surface area contributed by atoms with Gasteiger partial charge in [-0.2, -0.15) is 0 Å². The molecule has 1 aromatic rings. The van der Waals surface area contributed by atoms with Gasteiger partial charge in [-0.25, -0.2) is 0 Å². The fraction of sp³-hybridized carbons (Fsp3) is 0.632. The molecule has 134 valence electrons. The van der Waals surface area contributed by atoms with Crippen LogP contribution in [0.5, 0.6) is 0 Å². The van der Waals surface area contributed by atoms with Crippen molar-refractivity contribution in [2.45, 2.75) is 57.5 Å². The van der Waals surface area contributed by atoms with Gasteiger partial charge in [-0.05, 0) is 45.3 Å².